The van der Waals surface area contributed by atoms with Gasteiger partial charge in [-0.25, -0.2) is 9.97 Å². The second-order valence-corrected chi connectivity index (χ2v) is 6.27. The molecular weight excluding hydrogens is 373 g/mol. The molecule has 0 atom stereocenters. The van der Waals surface area contributed by atoms with E-state index < -0.39 is 0 Å². The molecule has 0 aliphatic heterocycles. The van der Waals surface area contributed by atoms with Gasteiger partial charge in [-0.2, -0.15) is 0 Å². The molecule has 21 heavy (non-hydrogen) atoms. The molecule has 0 bridgehead atoms. The minimum Gasteiger partial charge on any atom is -0.369 e. The Balaban J connectivity index is 2.27. The Hall–Kier alpha value is -1.17. The van der Waals surface area contributed by atoms with Crippen molar-refractivity contribution in [2.75, 3.05) is 11.9 Å². The quantitative estimate of drug-likeness (QED) is 0.739. The summed E-state index contributed by atoms with van der Waals surface area (Å²) < 4.78 is 1.15. The number of benzene rings is 1. The first kappa shape index (κ1) is 16.2. The van der Waals surface area contributed by atoms with Crippen molar-refractivity contribution in [3.8, 4) is 0 Å². The average Bonchev–Trinajstić information content (AvgIpc) is 2.49. The number of anilines is 1. The van der Waals surface area contributed by atoms with Crippen molar-refractivity contribution in [3.05, 3.63) is 50.5 Å². The van der Waals surface area contributed by atoms with Gasteiger partial charge in [-0.05, 0) is 47.9 Å². The van der Waals surface area contributed by atoms with Crippen molar-refractivity contribution < 1.29 is 0 Å². The zero-order valence-corrected chi connectivity index (χ0v) is 15.1. The summed E-state index contributed by atoms with van der Waals surface area (Å²) in [4.78, 5) is 9.43. The maximum Gasteiger partial charge on any atom is 0.143 e. The number of hydrogen-bond acceptors (Lipinski definition) is 3. The third kappa shape index (κ3) is 4.40. The van der Waals surface area contributed by atoms with Crippen molar-refractivity contribution in [1.82, 2.24) is 9.97 Å². The zero-order valence-electron chi connectivity index (χ0n) is 12.9. The van der Waals surface area contributed by atoms with E-state index in [9.17, 15) is 0 Å². The van der Waals surface area contributed by atoms with Crippen molar-refractivity contribution in [2.45, 2.75) is 40.0 Å². The SMILES string of the molecule is CCCNc1nc(Cc2ccc(C)cc2)nc(CC)c1I. The molecule has 0 radical (unpaired) electrons. The van der Waals surface area contributed by atoms with Gasteiger partial charge in [-0.15, -0.1) is 0 Å². The molecule has 0 unspecified atom stereocenters. The molecular formula is C17H22IN3. The van der Waals surface area contributed by atoms with Gasteiger partial charge in [0, 0.05) is 13.0 Å². The van der Waals surface area contributed by atoms with Crippen molar-refractivity contribution in [1.29, 1.82) is 0 Å². The molecule has 1 N–H and O–H groups in total. The van der Waals surface area contributed by atoms with Crippen LogP contribution in [0.25, 0.3) is 0 Å². The summed E-state index contributed by atoms with van der Waals surface area (Å²) in [7, 11) is 0. The fourth-order valence-corrected chi connectivity index (χ4v) is 2.92. The summed E-state index contributed by atoms with van der Waals surface area (Å²) in [6.45, 7) is 7.35. The van der Waals surface area contributed by atoms with Crippen LogP contribution in [-0.2, 0) is 12.8 Å². The van der Waals surface area contributed by atoms with Gasteiger partial charge in [-0.1, -0.05) is 43.7 Å². The van der Waals surface area contributed by atoms with Crippen LogP contribution in [0, 0.1) is 10.5 Å². The van der Waals surface area contributed by atoms with Crippen LogP contribution in [0.15, 0.2) is 24.3 Å². The molecule has 0 aliphatic carbocycles. The molecule has 2 rings (SSSR count). The lowest BCUT2D eigenvalue weighted by atomic mass is 10.1. The molecule has 1 aromatic carbocycles. The third-order valence-corrected chi connectivity index (χ3v) is 4.46. The molecule has 0 saturated carbocycles. The summed E-state index contributed by atoms with van der Waals surface area (Å²) >= 11 is 2.35. The predicted molar refractivity (Wildman–Crippen MR) is 96.9 cm³/mol. The van der Waals surface area contributed by atoms with Crippen LogP contribution in [0.4, 0.5) is 5.82 Å². The second kappa shape index (κ2) is 7.73. The minimum atomic E-state index is 0.783. The van der Waals surface area contributed by atoms with E-state index in [1.165, 1.54) is 11.1 Å². The highest BCUT2D eigenvalue weighted by Crippen LogP contribution is 2.21. The van der Waals surface area contributed by atoms with E-state index in [0.717, 1.165) is 46.7 Å². The minimum absolute atomic E-state index is 0.783. The Bertz CT molecular complexity index is 594. The second-order valence-electron chi connectivity index (χ2n) is 5.19. The van der Waals surface area contributed by atoms with Gasteiger partial charge in [0.25, 0.3) is 0 Å². The van der Waals surface area contributed by atoms with Gasteiger partial charge in [0.1, 0.15) is 11.6 Å². The lowest BCUT2D eigenvalue weighted by Gasteiger charge is -2.12. The summed E-state index contributed by atoms with van der Waals surface area (Å²) in [5.74, 6) is 1.88. The Morgan fingerprint density at radius 2 is 1.81 bits per heavy atom. The molecule has 0 fully saturated rings. The fraction of sp³-hybridized carbons (Fsp3) is 0.412. The first-order valence-electron chi connectivity index (χ1n) is 7.48. The number of nitrogens with one attached hydrogen (secondary N) is 1. The molecule has 0 saturated heterocycles. The Morgan fingerprint density at radius 1 is 1.10 bits per heavy atom. The first-order valence-corrected chi connectivity index (χ1v) is 8.56. The Morgan fingerprint density at radius 3 is 2.43 bits per heavy atom. The third-order valence-electron chi connectivity index (χ3n) is 3.33. The number of rotatable bonds is 6. The van der Waals surface area contributed by atoms with Gasteiger partial charge in [0.2, 0.25) is 0 Å². The normalized spacial score (nSPS) is 10.7. The first-order chi connectivity index (χ1) is 10.1. The van der Waals surface area contributed by atoms with Crippen molar-refractivity contribution >= 4 is 28.4 Å². The fourth-order valence-electron chi connectivity index (χ4n) is 2.11. The number of hydrogen-bond donors (Lipinski definition) is 1. The Labute approximate surface area is 140 Å². The number of aryl methyl sites for hydroxylation is 2. The van der Waals surface area contributed by atoms with Crippen molar-refractivity contribution in [2.24, 2.45) is 0 Å². The topological polar surface area (TPSA) is 37.8 Å². The molecule has 2 aromatic rings. The smallest absolute Gasteiger partial charge is 0.143 e. The highest BCUT2D eigenvalue weighted by atomic mass is 127. The number of halogens is 1. The van der Waals surface area contributed by atoms with Gasteiger partial charge in [0.05, 0.1) is 9.26 Å². The maximum absolute atomic E-state index is 4.72. The molecule has 112 valence electrons. The standard InChI is InChI=1S/C17H22IN3/c1-4-10-19-17-16(18)14(5-2)20-15(21-17)11-13-8-6-12(3)7-9-13/h6-9H,4-5,10-11H2,1-3H3,(H,19,20,21). The van der Waals surface area contributed by atoms with E-state index in [-0.39, 0.29) is 0 Å². The largest absolute Gasteiger partial charge is 0.369 e. The van der Waals surface area contributed by atoms with Gasteiger partial charge in [0.15, 0.2) is 0 Å². The van der Waals surface area contributed by atoms with Crippen LogP contribution in [-0.4, -0.2) is 16.5 Å². The molecule has 1 heterocycles. The Kier molecular flexibility index (Phi) is 5.96. The maximum atomic E-state index is 4.72. The van der Waals surface area contributed by atoms with Crippen LogP contribution >= 0.6 is 22.6 Å². The van der Waals surface area contributed by atoms with E-state index in [0.29, 0.717) is 0 Å². The van der Waals surface area contributed by atoms with Crippen molar-refractivity contribution in [3.63, 3.8) is 0 Å². The van der Waals surface area contributed by atoms with E-state index in [2.05, 4.69) is 72.9 Å². The molecule has 0 spiro atoms. The number of nitrogens with zero attached hydrogens (tertiary/aromatic N) is 2. The van der Waals surface area contributed by atoms with E-state index in [1.807, 2.05) is 0 Å². The molecule has 0 amide bonds. The molecule has 1 aromatic heterocycles. The average molecular weight is 395 g/mol. The molecule has 0 aliphatic rings. The van der Waals surface area contributed by atoms with Gasteiger partial charge >= 0.3 is 0 Å². The van der Waals surface area contributed by atoms with E-state index in [4.69, 9.17) is 9.97 Å². The summed E-state index contributed by atoms with van der Waals surface area (Å²) in [5.41, 5.74) is 3.67. The molecule has 3 nitrogen and oxygen atoms in total. The van der Waals surface area contributed by atoms with Gasteiger partial charge in [-0.3, -0.25) is 0 Å². The summed E-state index contributed by atoms with van der Waals surface area (Å²) in [6.07, 6.45) is 2.81. The van der Waals surface area contributed by atoms with Crippen LogP contribution in [0.1, 0.15) is 42.9 Å². The van der Waals surface area contributed by atoms with Crippen LogP contribution in [0.2, 0.25) is 0 Å². The monoisotopic (exact) mass is 395 g/mol. The summed E-state index contributed by atoms with van der Waals surface area (Å²) in [6, 6.07) is 8.58. The highest BCUT2D eigenvalue weighted by molar-refractivity contribution is 14.1. The van der Waals surface area contributed by atoms with E-state index >= 15 is 0 Å². The van der Waals surface area contributed by atoms with Crippen LogP contribution in [0.3, 0.4) is 0 Å². The summed E-state index contributed by atoms with van der Waals surface area (Å²) in [5, 5.41) is 3.41. The predicted octanol–water partition coefficient (Wildman–Crippen LogP) is 4.36. The lowest BCUT2D eigenvalue weighted by Crippen LogP contribution is -2.10. The van der Waals surface area contributed by atoms with Crippen LogP contribution < -0.4 is 5.32 Å². The number of aromatic nitrogens is 2. The highest BCUT2D eigenvalue weighted by Gasteiger charge is 2.11. The molecule has 4 heteroatoms. The van der Waals surface area contributed by atoms with Crippen LogP contribution in [0.5, 0.6) is 0 Å². The van der Waals surface area contributed by atoms with Gasteiger partial charge < -0.3 is 5.32 Å². The zero-order chi connectivity index (χ0) is 15.2. The lowest BCUT2D eigenvalue weighted by molar-refractivity contribution is 0.882. The van der Waals surface area contributed by atoms with E-state index in [1.54, 1.807) is 0 Å².